The third kappa shape index (κ3) is 5.88. The molecule has 0 spiro atoms. The van der Waals surface area contributed by atoms with E-state index in [9.17, 15) is 0 Å². The lowest BCUT2D eigenvalue weighted by Crippen LogP contribution is -2.33. The van der Waals surface area contributed by atoms with E-state index in [0.717, 1.165) is 31.1 Å². The second kappa shape index (κ2) is 10.1. The van der Waals surface area contributed by atoms with Crippen LogP contribution < -0.4 is 10.2 Å². The van der Waals surface area contributed by atoms with Gasteiger partial charge in [-0.1, -0.05) is 44.4 Å². The van der Waals surface area contributed by atoms with Gasteiger partial charge in [0.15, 0.2) is 0 Å². The topological polar surface area (TPSA) is 15.3 Å². The van der Waals surface area contributed by atoms with Gasteiger partial charge in [0.05, 0.1) is 0 Å². The molecule has 0 saturated carbocycles. The number of nitrogens with zero attached hydrogens (tertiary/aromatic N) is 1. The highest BCUT2D eigenvalue weighted by Crippen LogP contribution is 2.29. The summed E-state index contributed by atoms with van der Waals surface area (Å²) in [5.41, 5.74) is 2.52. The summed E-state index contributed by atoms with van der Waals surface area (Å²) in [4.78, 5) is 2.49. The van der Waals surface area contributed by atoms with Gasteiger partial charge in [0, 0.05) is 35.4 Å². The van der Waals surface area contributed by atoms with E-state index in [0.29, 0.717) is 6.04 Å². The predicted molar refractivity (Wildman–Crippen MR) is 95.5 cm³/mol. The minimum atomic E-state index is 0.491. The number of unbranched alkanes of at least 4 members (excludes halogenated alkanes) is 2. The van der Waals surface area contributed by atoms with Crippen molar-refractivity contribution >= 4 is 17.3 Å². The summed E-state index contributed by atoms with van der Waals surface area (Å²) in [6.07, 6.45) is 4.92. The molecule has 0 radical (unpaired) electrons. The molecule has 1 aromatic rings. The molecule has 0 amide bonds. The number of hydrogen-bond acceptors (Lipinski definition) is 2. The van der Waals surface area contributed by atoms with E-state index in [1.165, 1.54) is 30.5 Å². The van der Waals surface area contributed by atoms with Crippen LogP contribution in [0.3, 0.4) is 0 Å². The summed E-state index contributed by atoms with van der Waals surface area (Å²) in [6, 6.07) is 6.76. The van der Waals surface area contributed by atoms with Crippen LogP contribution in [-0.4, -0.2) is 19.1 Å². The van der Waals surface area contributed by atoms with Gasteiger partial charge in [-0.25, -0.2) is 0 Å². The first kappa shape index (κ1) is 18.3. The molecule has 1 rings (SSSR count). The molecule has 21 heavy (non-hydrogen) atoms. The smallest absolute Gasteiger partial charge is 0.0471 e. The Morgan fingerprint density at radius 1 is 1.14 bits per heavy atom. The Balaban J connectivity index is 2.92. The van der Waals surface area contributed by atoms with Gasteiger partial charge in [-0.3, -0.25) is 0 Å². The normalized spacial score (nSPS) is 11.1. The molecule has 1 aromatic carbocycles. The number of benzene rings is 1. The van der Waals surface area contributed by atoms with E-state index in [1.54, 1.807) is 0 Å². The molecular formula is C18H31ClN2. The Labute approximate surface area is 135 Å². The fraction of sp³-hybridized carbons (Fsp3) is 0.667. The lowest BCUT2D eigenvalue weighted by Gasteiger charge is -2.31. The third-order valence-electron chi connectivity index (χ3n) is 3.76. The highest BCUT2D eigenvalue weighted by Gasteiger charge is 2.16. The summed E-state index contributed by atoms with van der Waals surface area (Å²) < 4.78 is 0. The fourth-order valence-corrected chi connectivity index (χ4v) is 2.81. The first-order valence-corrected chi connectivity index (χ1v) is 8.74. The fourth-order valence-electron chi connectivity index (χ4n) is 2.57. The molecule has 0 fully saturated rings. The summed E-state index contributed by atoms with van der Waals surface area (Å²) in [5.74, 6) is 0. The second-order valence-electron chi connectivity index (χ2n) is 5.91. The molecule has 120 valence electrons. The van der Waals surface area contributed by atoms with Crippen molar-refractivity contribution in [2.75, 3.05) is 18.0 Å². The zero-order chi connectivity index (χ0) is 15.7. The molecule has 2 nitrogen and oxygen atoms in total. The number of rotatable bonds is 10. The summed E-state index contributed by atoms with van der Waals surface area (Å²) >= 11 is 6.45. The zero-order valence-electron chi connectivity index (χ0n) is 14.1. The average molecular weight is 311 g/mol. The van der Waals surface area contributed by atoms with Crippen LogP contribution in [0.5, 0.6) is 0 Å². The van der Waals surface area contributed by atoms with Crippen LogP contribution in [0, 0.1) is 0 Å². The maximum atomic E-state index is 6.45. The minimum absolute atomic E-state index is 0.491. The van der Waals surface area contributed by atoms with Gasteiger partial charge in [-0.2, -0.15) is 0 Å². The number of halogens is 1. The molecule has 0 bridgehead atoms. The Morgan fingerprint density at radius 2 is 1.90 bits per heavy atom. The maximum absolute atomic E-state index is 6.45. The van der Waals surface area contributed by atoms with Gasteiger partial charge >= 0.3 is 0 Å². The van der Waals surface area contributed by atoms with E-state index in [4.69, 9.17) is 11.6 Å². The van der Waals surface area contributed by atoms with Gasteiger partial charge in [-0.05, 0) is 45.4 Å². The minimum Gasteiger partial charge on any atom is -0.369 e. The first-order valence-electron chi connectivity index (χ1n) is 8.36. The lowest BCUT2D eigenvalue weighted by molar-refractivity contribution is 0.618. The molecule has 0 aliphatic rings. The van der Waals surface area contributed by atoms with Gasteiger partial charge < -0.3 is 10.2 Å². The van der Waals surface area contributed by atoms with E-state index in [1.807, 2.05) is 6.07 Å². The Bertz CT molecular complexity index is 404. The monoisotopic (exact) mass is 310 g/mol. The van der Waals surface area contributed by atoms with Crippen LogP contribution in [0.15, 0.2) is 18.2 Å². The maximum Gasteiger partial charge on any atom is 0.0471 e. The van der Waals surface area contributed by atoms with Crippen molar-refractivity contribution in [1.82, 2.24) is 5.32 Å². The van der Waals surface area contributed by atoms with E-state index in [-0.39, 0.29) is 0 Å². The van der Waals surface area contributed by atoms with Crippen molar-refractivity contribution in [3.05, 3.63) is 28.8 Å². The Morgan fingerprint density at radius 3 is 2.52 bits per heavy atom. The average Bonchev–Trinajstić information content (AvgIpc) is 2.45. The standard InChI is InChI=1S/C18H31ClN2/c1-5-7-8-13-21(15(3)4)18-11-9-10-17(19)16(18)14-20-12-6-2/h9-11,15,20H,5-8,12-14H2,1-4H3. The Hall–Kier alpha value is -0.730. The molecular weight excluding hydrogens is 280 g/mol. The quantitative estimate of drug-likeness (QED) is 0.594. The lowest BCUT2D eigenvalue weighted by atomic mass is 10.1. The summed E-state index contributed by atoms with van der Waals surface area (Å²) in [5, 5.41) is 4.35. The molecule has 0 aliphatic heterocycles. The summed E-state index contributed by atoms with van der Waals surface area (Å²) in [7, 11) is 0. The van der Waals surface area contributed by atoms with Gasteiger partial charge in [0.1, 0.15) is 0 Å². The van der Waals surface area contributed by atoms with Crippen molar-refractivity contribution < 1.29 is 0 Å². The molecule has 0 heterocycles. The van der Waals surface area contributed by atoms with E-state index >= 15 is 0 Å². The molecule has 0 saturated heterocycles. The molecule has 0 aliphatic carbocycles. The van der Waals surface area contributed by atoms with Crippen LogP contribution >= 0.6 is 11.6 Å². The van der Waals surface area contributed by atoms with Crippen molar-refractivity contribution in [3.8, 4) is 0 Å². The van der Waals surface area contributed by atoms with Crippen LogP contribution in [0.1, 0.15) is 58.9 Å². The summed E-state index contributed by atoms with van der Waals surface area (Å²) in [6.45, 7) is 11.9. The molecule has 1 N–H and O–H groups in total. The molecule has 0 aromatic heterocycles. The van der Waals surface area contributed by atoms with Crippen molar-refractivity contribution in [2.24, 2.45) is 0 Å². The zero-order valence-corrected chi connectivity index (χ0v) is 14.8. The van der Waals surface area contributed by atoms with Gasteiger partial charge in [-0.15, -0.1) is 0 Å². The van der Waals surface area contributed by atoms with Crippen molar-refractivity contribution in [1.29, 1.82) is 0 Å². The van der Waals surface area contributed by atoms with Gasteiger partial charge in [0.2, 0.25) is 0 Å². The Kier molecular flexibility index (Phi) is 8.79. The van der Waals surface area contributed by atoms with E-state index < -0.39 is 0 Å². The molecule has 0 unspecified atom stereocenters. The first-order chi connectivity index (χ1) is 10.1. The van der Waals surface area contributed by atoms with Crippen LogP contribution in [0.4, 0.5) is 5.69 Å². The second-order valence-corrected chi connectivity index (χ2v) is 6.32. The number of hydrogen-bond donors (Lipinski definition) is 1. The third-order valence-corrected chi connectivity index (χ3v) is 4.11. The van der Waals surface area contributed by atoms with E-state index in [2.05, 4.69) is 50.0 Å². The predicted octanol–water partition coefficient (Wildman–Crippen LogP) is 5.24. The highest BCUT2D eigenvalue weighted by atomic mass is 35.5. The molecule has 3 heteroatoms. The number of nitrogens with one attached hydrogen (secondary N) is 1. The van der Waals surface area contributed by atoms with Crippen LogP contribution in [0.2, 0.25) is 5.02 Å². The van der Waals surface area contributed by atoms with Crippen molar-refractivity contribution in [2.45, 2.75) is 66.0 Å². The SMILES string of the molecule is CCCCCN(c1cccc(Cl)c1CNCCC)C(C)C. The largest absolute Gasteiger partial charge is 0.369 e. The number of anilines is 1. The van der Waals surface area contributed by atoms with Crippen LogP contribution in [0.25, 0.3) is 0 Å². The van der Waals surface area contributed by atoms with Crippen LogP contribution in [-0.2, 0) is 6.54 Å². The highest BCUT2D eigenvalue weighted by molar-refractivity contribution is 6.31. The molecule has 0 atom stereocenters. The van der Waals surface area contributed by atoms with Crippen molar-refractivity contribution in [3.63, 3.8) is 0 Å². The van der Waals surface area contributed by atoms with Gasteiger partial charge in [0.25, 0.3) is 0 Å².